The van der Waals surface area contributed by atoms with Crippen molar-refractivity contribution in [2.75, 3.05) is 6.54 Å². The Balaban J connectivity index is 0.00000169. The van der Waals surface area contributed by atoms with Crippen LogP contribution in [0, 0.1) is 5.92 Å². The first-order valence-corrected chi connectivity index (χ1v) is 5.27. The van der Waals surface area contributed by atoms with Crippen LogP contribution in [0.1, 0.15) is 19.3 Å². The van der Waals surface area contributed by atoms with E-state index in [2.05, 4.69) is 27.8 Å². The molecule has 0 heterocycles. The van der Waals surface area contributed by atoms with E-state index in [0.29, 0.717) is 6.54 Å². The fraction of sp³-hybridized carbons (Fsp3) is 0.667. The lowest BCUT2D eigenvalue weighted by Crippen LogP contribution is -2.38. The Labute approximate surface area is 99.0 Å². The highest BCUT2D eigenvalue weighted by atomic mass is 79.9. The molecule has 1 fully saturated rings. The molecule has 5 heteroatoms. The summed E-state index contributed by atoms with van der Waals surface area (Å²) in [4.78, 5) is 11.5. The second-order valence-corrected chi connectivity index (χ2v) is 4.56. The van der Waals surface area contributed by atoms with Crippen LogP contribution in [0.5, 0.6) is 0 Å². The van der Waals surface area contributed by atoms with Crippen molar-refractivity contribution in [3.05, 3.63) is 11.1 Å². The summed E-state index contributed by atoms with van der Waals surface area (Å²) < 4.78 is 0.785. The lowest BCUT2D eigenvalue weighted by atomic mass is 10.0. The predicted octanol–water partition coefficient (Wildman–Crippen LogP) is 1.56. The zero-order valence-electron chi connectivity index (χ0n) is 7.96. The number of halogens is 2. The van der Waals surface area contributed by atoms with Gasteiger partial charge in [-0.25, -0.2) is 0 Å². The summed E-state index contributed by atoms with van der Waals surface area (Å²) in [5, 5.41) is 2.79. The summed E-state index contributed by atoms with van der Waals surface area (Å²) in [7, 11) is 0. The molecule has 0 aromatic rings. The first-order valence-electron chi connectivity index (χ1n) is 4.48. The maximum Gasteiger partial charge on any atom is 0.224 e. The number of rotatable bonds is 3. The van der Waals surface area contributed by atoms with Crippen LogP contribution >= 0.6 is 28.3 Å². The summed E-state index contributed by atoms with van der Waals surface area (Å²) in [6.45, 7) is 4.13. The van der Waals surface area contributed by atoms with E-state index in [-0.39, 0.29) is 30.3 Å². The van der Waals surface area contributed by atoms with E-state index in [0.717, 1.165) is 23.7 Å². The van der Waals surface area contributed by atoms with E-state index in [1.165, 1.54) is 0 Å². The van der Waals surface area contributed by atoms with Gasteiger partial charge in [0.2, 0.25) is 5.91 Å². The van der Waals surface area contributed by atoms with E-state index < -0.39 is 0 Å². The Kier molecular flexibility index (Phi) is 6.40. The molecule has 0 aromatic carbocycles. The van der Waals surface area contributed by atoms with Crippen molar-refractivity contribution < 1.29 is 4.79 Å². The quantitative estimate of drug-likeness (QED) is 0.826. The van der Waals surface area contributed by atoms with Gasteiger partial charge in [-0.15, -0.1) is 12.4 Å². The molecular formula is C9H16BrClN2O. The van der Waals surface area contributed by atoms with Crippen LogP contribution in [0.15, 0.2) is 11.1 Å². The highest BCUT2D eigenvalue weighted by molar-refractivity contribution is 9.11. The minimum Gasteiger partial charge on any atom is -0.351 e. The van der Waals surface area contributed by atoms with Crippen LogP contribution in [-0.2, 0) is 4.79 Å². The number of carbonyl (C=O) groups is 1. The maximum atomic E-state index is 11.5. The molecule has 1 aliphatic carbocycles. The number of hydrogen-bond donors (Lipinski definition) is 2. The third-order valence-electron chi connectivity index (χ3n) is 2.36. The van der Waals surface area contributed by atoms with E-state index >= 15 is 0 Å². The zero-order chi connectivity index (χ0) is 9.84. The van der Waals surface area contributed by atoms with Gasteiger partial charge in [0.1, 0.15) is 0 Å². The molecule has 14 heavy (non-hydrogen) atoms. The van der Waals surface area contributed by atoms with Gasteiger partial charge in [-0.1, -0.05) is 28.9 Å². The molecule has 0 aromatic heterocycles. The maximum absolute atomic E-state index is 11.5. The normalized spacial score (nSPS) is 25.3. The van der Waals surface area contributed by atoms with Crippen LogP contribution in [0.3, 0.4) is 0 Å². The average molecular weight is 284 g/mol. The smallest absolute Gasteiger partial charge is 0.224 e. The molecule has 0 bridgehead atoms. The monoisotopic (exact) mass is 282 g/mol. The van der Waals surface area contributed by atoms with Gasteiger partial charge in [-0.3, -0.25) is 4.79 Å². The van der Waals surface area contributed by atoms with Crippen molar-refractivity contribution in [3.8, 4) is 0 Å². The molecular weight excluding hydrogens is 267 g/mol. The van der Waals surface area contributed by atoms with Crippen LogP contribution in [0.4, 0.5) is 0 Å². The Morgan fingerprint density at radius 1 is 1.57 bits per heavy atom. The van der Waals surface area contributed by atoms with Crippen LogP contribution in [0.2, 0.25) is 0 Å². The van der Waals surface area contributed by atoms with Gasteiger partial charge in [0.25, 0.3) is 0 Å². The standard InChI is InChI=1S/C9H15BrN2O.ClH/c1-6(10)5-12-9(13)7-3-2-4-8(7)11;/h7-8H,1-5,11H2,(H,12,13);1H. The van der Waals surface area contributed by atoms with Gasteiger partial charge >= 0.3 is 0 Å². The van der Waals surface area contributed by atoms with E-state index in [4.69, 9.17) is 5.73 Å². The zero-order valence-corrected chi connectivity index (χ0v) is 10.4. The average Bonchev–Trinajstić information content (AvgIpc) is 2.47. The van der Waals surface area contributed by atoms with E-state index in [9.17, 15) is 4.79 Å². The molecule has 0 radical (unpaired) electrons. The lowest BCUT2D eigenvalue weighted by molar-refractivity contribution is -0.124. The number of amides is 1. The molecule has 0 spiro atoms. The Bertz CT molecular complexity index is 223. The molecule has 1 saturated carbocycles. The summed E-state index contributed by atoms with van der Waals surface area (Å²) in [5.74, 6) is 0.0671. The number of nitrogens with two attached hydrogens (primary N) is 1. The van der Waals surface area contributed by atoms with Crippen molar-refractivity contribution in [2.45, 2.75) is 25.3 Å². The highest BCUT2D eigenvalue weighted by Gasteiger charge is 2.29. The fourth-order valence-corrected chi connectivity index (χ4v) is 1.77. The van der Waals surface area contributed by atoms with Crippen molar-refractivity contribution in [1.29, 1.82) is 0 Å². The summed E-state index contributed by atoms with van der Waals surface area (Å²) in [6, 6.07) is 0.0450. The van der Waals surface area contributed by atoms with Crippen molar-refractivity contribution in [2.24, 2.45) is 11.7 Å². The molecule has 0 aliphatic heterocycles. The molecule has 2 unspecified atom stereocenters. The topological polar surface area (TPSA) is 55.1 Å². The predicted molar refractivity (Wildman–Crippen MR) is 63.6 cm³/mol. The first kappa shape index (κ1) is 13.9. The minimum absolute atomic E-state index is 0. The number of nitrogens with one attached hydrogen (secondary N) is 1. The van der Waals surface area contributed by atoms with Gasteiger partial charge in [0.15, 0.2) is 0 Å². The SMILES string of the molecule is C=C(Br)CNC(=O)C1CCCC1N.Cl. The molecule has 1 amide bonds. The lowest BCUT2D eigenvalue weighted by Gasteiger charge is -2.14. The van der Waals surface area contributed by atoms with Gasteiger partial charge in [0, 0.05) is 17.1 Å². The largest absolute Gasteiger partial charge is 0.351 e. The van der Waals surface area contributed by atoms with Crippen LogP contribution in [0.25, 0.3) is 0 Å². The van der Waals surface area contributed by atoms with Crippen LogP contribution < -0.4 is 11.1 Å². The van der Waals surface area contributed by atoms with Crippen molar-refractivity contribution in [3.63, 3.8) is 0 Å². The number of carbonyl (C=O) groups excluding carboxylic acids is 1. The molecule has 3 N–H and O–H groups in total. The van der Waals surface area contributed by atoms with Crippen LogP contribution in [-0.4, -0.2) is 18.5 Å². The fourth-order valence-electron chi connectivity index (χ4n) is 1.63. The Morgan fingerprint density at radius 3 is 2.64 bits per heavy atom. The highest BCUT2D eigenvalue weighted by Crippen LogP contribution is 2.23. The third-order valence-corrected chi connectivity index (χ3v) is 2.64. The summed E-state index contributed by atoms with van der Waals surface area (Å²) in [5.41, 5.74) is 5.79. The molecule has 1 rings (SSSR count). The molecule has 3 nitrogen and oxygen atoms in total. The minimum atomic E-state index is 0. The molecule has 82 valence electrons. The summed E-state index contributed by atoms with van der Waals surface area (Å²) >= 11 is 3.19. The molecule has 2 atom stereocenters. The Morgan fingerprint density at radius 2 is 2.21 bits per heavy atom. The summed E-state index contributed by atoms with van der Waals surface area (Å²) in [6.07, 6.45) is 2.95. The van der Waals surface area contributed by atoms with E-state index in [1.54, 1.807) is 0 Å². The third kappa shape index (κ3) is 3.98. The van der Waals surface area contributed by atoms with Gasteiger partial charge in [-0.2, -0.15) is 0 Å². The van der Waals surface area contributed by atoms with Crippen molar-refractivity contribution in [1.82, 2.24) is 5.32 Å². The second kappa shape index (κ2) is 6.43. The second-order valence-electron chi connectivity index (χ2n) is 3.44. The van der Waals surface area contributed by atoms with Gasteiger partial charge < -0.3 is 11.1 Å². The Hall–Kier alpha value is -0.0600. The van der Waals surface area contributed by atoms with Gasteiger partial charge in [0.05, 0.1) is 5.92 Å². The van der Waals surface area contributed by atoms with Crippen molar-refractivity contribution >= 4 is 34.2 Å². The molecule has 0 saturated heterocycles. The number of hydrogen-bond acceptors (Lipinski definition) is 2. The first-order chi connectivity index (χ1) is 6.11. The van der Waals surface area contributed by atoms with Gasteiger partial charge in [-0.05, 0) is 12.8 Å². The van der Waals surface area contributed by atoms with E-state index in [1.807, 2.05) is 0 Å². The molecule has 1 aliphatic rings.